The number of nitrogens with zero attached hydrogens (tertiary/aromatic N) is 1. The summed E-state index contributed by atoms with van der Waals surface area (Å²) in [6.07, 6.45) is 0. The van der Waals surface area contributed by atoms with Crippen LogP contribution < -0.4 is 0 Å². The quantitative estimate of drug-likeness (QED) is 0.269. The van der Waals surface area contributed by atoms with E-state index in [0.717, 1.165) is 43.5 Å². The van der Waals surface area contributed by atoms with Crippen molar-refractivity contribution in [3.63, 3.8) is 0 Å². The standard InChI is InChI=1S/C26H21NO/c1-15-8-11-21-20-13-10-16-9-12-18-17(14-27)6-5-7-19(18)22(16)24(20)28-25(21)23(15)26(2,3)4/h5-13H,1-4H3. The van der Waals surface area contributed by atoms with E-state index in [1.807, 2.05) is 18.2 Å². The van der Waals surface area contributed by atoms with Crippen LogP contribution in [0.5, 0.6) is 0 Å². The Bertz CT molecular complexity index is 1460. The van der Waals surface area contributed by atoms with Gasteiger partial charge in [0.2, 0.25) is 0 Å². The molecule has 0 saturated carbocycles. The maximum atomic E-state index is 9.52. The van der Waals surface area contributed by atoms with Gasteiger partial charge >= 0.3 is 0 Å². The summed E-state index contributed by atoms with van der Waals surface area (Å²) in [5, 5.41) is 16.0. The van der Waals surface area contributed by atoms with Crippen molar-refractivity contribution < 1.29 is 4.42 Å². The molecule has 28 heavy (non-hydrogen) atoms. The first-order valence-corrected chi connectivity index (χ1v) is 9.61. The predicted molar refractivity (Wildman–Crippen MR) is 117 cm³/mol. The predicted octanol–water partition coefficient (Wildman–Crippen LogP) is 7.37. The van der Waals surface area contributed by atoms with Crippen LogP contribution in [-0.4, -0.2) is 0 Å². The molecule has 0 aliphatic heterocycles. The van der Waals surface area contributed by atoms with E-state index in [2.05, 4.69) is 70.2 Å². The summed E-state index contributed by atoms with van der Waals surface area (Å²) in [7, 11) is 0. The van der Waals surface area contributed by atoms with Crippen LogP contribution in [0.15, 0.2) is 59.0 Å². The van der Waals surface area contributed by atoms with E-state index in [0.29, 0.717) is 5.56 Å². The topological polar surface area (TPSA) is 36.9 Å². The fourth-order valence-electron chi connectivity index (χ4n) is 4.60. The molecule has 0 radical (unpaired) electrons. The summed E-state index contributed by atoms with van der Waals surface area (Å²) in [4.78, 5) is 0. The van der Waals surface area contributed by atoms with Crippen molar-refractivity contribution in [2.24, 2.45) is 0 Å². The van der Waals surface area contributed by atoms with Gasteiger partial charge in [0.05, 0.1) is 11.6 Å². The minimum Gasteiger partial charge on any atom is -0.455 e. The molecule has 0 saturated heterocycles. The third-order valence-corrected chi connectivity index (χ3v) is 5.73. The zero-order chi connectivity index (χ0) is 19.6. The molecule has 2 nitrogen and oxygen atoms in total. The number of aryl methyl sites for hydroxylation is 1. The van der Waals surface area contributed by atoms with E-state index in [-0.39, 0.29) is 5.41 Å². The monoisotopic (exact) mass is 363 g/mol. The minimum atomic E-state index is -0.0106. The summed E-state index contributed by atoms with van der Waals surface area (Å²) in [6.45, 7) is 8.85. The number of fused-ring (bicyclic) bond motifs is 7. The zero-order valence-electron chi connectivity index (χ0n) is 16.6. The molecular formula is C26H21NO. The van der Waals surface area contributed by atoms with Gasteiger partial charge in [-0.3, -0.25) is 0 Å². The highest BCUT2D eigenvalue weighted by Gasteiger charge is 2.24. The zero-order valence-corrected chi connectivity index (χ0v) is 16.6. The summed E-state index contributed by atoms with van der Waals surface area (Å²) >= 11 is 0. The van der Waals surface area contributed by atoms with Crippen molar-refractivity contribution >= 4 is 43.5 Å². The van der Waals surface area contributed by atoms with Crippen molar-refractivity contribution in [3.05, 3.63) is 71.3 Å². The normalized spacial score (nSPS) is 12.2. The van der Waals surface area contributed by atoms with Gasteiger partial charge in [-0.05, 0) is 40.8 Å². The number of furan rings is 1. The molecule has 1 aromatic heterocycles. The summed E-state index contributed by atoms with van der Waals surface area (Å²) in [6, 6.07) is 21.0. The lowest BCUT2D eigenvalue weighted by Gasteiger charge is -2.21. The van der Waals surface area contributed by atoms with Crippen LogP contribution in [0.4, 0.5) is 0 Å². The molecule has 1 heterocycles. The molecule has 0 aliphatic rings. The van der Waals surface area contributed by atoms with Crippen molar-refractivity contribution in [1.29, 1.82) is 5.26 Å². The van der Waals surface area contributed by atoms with Crippen LogP contribution in [0.1, 0.15) is 37.5 Å². The molecule has 136 valence electrons. The van der Waals surface area contributed by atoms with Gasteiger partial charge in [-0.1, -0.05) is 63.2 Å². The number of hydrogen-bond acceptors (Lipinski definition) is 2. The van der Waals surface area contributed by atoms with Crippen LogP contribution in [0, 0.1) is 18.3 Å². The summed E-state index contributed by atoms with van der Waals surface area (Å²) < 4.78 is 6.60. The van der Waals surface area contributed by atoms with E-state index in [9.17, 15) is 5.26 Å². The third-order valence-electron chi connectivity index (χ3n) is 5.73. The molecule has 0 aliphatic carbocycles. The van der Waals surface area contributed by atoms with Gasteiger partial charge in [0, 0.05) is 27.1 Å². The molecule has 0 unspecified atom stereocenters. The fourth-order valence-corrected chi connectivity index (χ4v) is 4.60. The molecule has 0 fully saturated rings. The Morgan fingerprint density at radius 1 is 0.786 bits per heavy atom. The van der Waals surface area contributed by atoms with Crippen molar-refractivity contribution in [1.82, 2.24) is 0 Å². The molecular weight excluding hydrogens is 342 g/mol. The van der Waals surface area contributed by atoms with Crippen LogP contribution in [0.25, 0.3) is 43.5 Å². The fraction of sp³-hybridized carbons (Fsp3) is 0.192. The Hall–Kier alpha value is -3.31. The minimum absolute atomic E-state index is 0.0106. The molecule has 4 aromatic carbocycles. The van der Waals surface area contributed by atoms with Crippen molar-refractivity contribution in [2.75, 3.05) is 0 Å². The molecule has 5 rings (SSSR count). The van der Waals surface area contributed by atoms with Crippen LogP contribution in [-0.2, 0) is 5.41 Å². The average molecular weight is 363 g/mol. The Kier molecular flexibility index (Phi) is 3.36. The number of nitriles is 1. The molecule has 5 aromatic rings. The largest absolute Gasteiger partial charge is 0.455 e. The molecule has 0 bridgehead atoms. The lowest BCUT2D eigenvalue weighted by atomic mass is 9.83. The summed E-state index contributed by atoms with van der Waals surface area (Å²) in [5.74, 6) is 0. The molecule has 0 amide bonds. The first kappa shape index (κ1) is 16.8. The van der Waals surface area contributed by atoms with Crippen LogP contribution in [0.3, 0.4) is 0 Å². The van der Waals surface area contributed by atoms with Gasteiger partial charge < -0.3 is 4.42 Å². The highest BCUT2D eigenvalue weighted by molar-refractivity contribution is 6.23. The highest BCUT2D eigenvalue weighted by Crippen LogP contribution is 2.42. The Labute approximate surface area is 164 Å². The highest BCUT2D eigenvalue weighted by atomic mass is 16.3. The van der Waals surface area contributed by atoms with Gasteiger partial charge in [-0.2, -0.15) is 5.26 Å². The molecule has 0 atom stereocenters. The lowest BCUT2D eigenvalue weighted by Crippen LogP contribution is -2.13. The van der Waals surface area contributed by atoms with Crippen LogP contribution in [0.2, 0.25) is 0 Å². The summed E-state index contributed by atoms with van der Waals surface area (Å²) in [5.41, 5.74) is 5.07. The Balaban J connectivity index is 2.05. The second-order valence-corrected chi connectivity index (χ2v) is 8.60. The van der Waals surface area contributed by atoms with E-state index in [1.54, 1.807) is 0 Å². The molecule has 0 N–H and O–H groups in total. The van der Waals surface area contributed by atoms with E-state index in [1.165, 1.54) is 11.1 Å². The Morgan fingerprint density at radius 2 is 1.46 bits per heavy atom. The van der Waals surface area contributed by atoms with Gasteiger partial charge in [-0.15, -0.1) is 0 Å². The maximum Gasteiger partial charge on any atom is 0.143 e. The number of hydrogen-bond donors (Lipinski definition) is 0. The second kappa shape index (κ2) is 5.59. The lowest BCUT2D eigenvalue weighted by molar-refractivity contribution is 0.570. The van der Waals surface area contributed by atoms with Gasteiger partial charge in [0.25, 0.3) is 0 Å². The van der Waals surface area contributed by atoms with Gasteiger partial charge in [-0.25, -0.2) is 0 Å². The SMILES string of the molecule is Cc1ccc2c(oc3c2ccc2ccc4c(C#N)cccc4c23)c1C(C)(C)C. The van der Waals surface area contributed by atoms with Crippen LogP contribution >= 0.6 is 0 Å². The van der Waals surface area contributed by atoms with E-state index >= 15 is 0 Å². The van der Waals surface area contributed by atoms with E-state index in [4.69, 9.17) is 4.42 Å². The van der Waals surface area contributed by atoms with E-state index < -0.39 is 0 Å². The van der Waals surface area contributed by atoms with Crippen molar-refractivity contribution in [2.45, 2.75) is 33.1 Å². The third kappa shape index (κ3) is 2.20. The van der Waals surface area contributed by atoms with Gasteiger partial charge in [0.1, 0.15) is 11.2 Å². The van der Waals surface area contributed by atoms with Gasteiger partial charge in [0.15, 0.2) is 0 Å². The second-order valence-electron chi connectivity index (χ2n) is 8.60. The van der Waals surface area contributed by atoms with Crippen molar-refractivity contribution in [3.8, 4) is 6.07 Å². The number of benzene rings is 4. The first-order chi connectivity index (χ1) is 13.4. The molecule has 0 spiro atoms. The Morgan fingerprint density at radius 3 is 2.18 bits per heavy atom. The average Bonchev–Trinajstić information content (AvgIpc) is 3.03. The number of rotatable bonds is 0. The molecule has 2 heteroatoms. The smallest absolute Gasteiger partial charge is 0.143 e. The maximum absolute atomic E-state index is 9.52. The first-order valence-electron chi connectivity index (χ1n) is 9.61.